The van der Waals surface area contributed by atoms with E-state index in [1.165, 1.54) is 0 Å². The quantitative estimate of drug-likeness (QED) is 0.852. The van der Waals surface area contributed by atoms with Crippen LogP contribution in [0.15, 0.2) is 36.5 Å². The number of nitrogens with one attached hydrogen (secondary N) is 1. The van der Waals surface area contributed by atoms with E-state index in [1.807, 2.05) is 44.2 Å². The fraction of sp³-hybridized carbons (Fsp3) is 0.353. The monoisotopic (exact) mass is 299 g/mol. The molecule has 0 bridgehead atoms. The van der Waals surface area contributed by atoms with Crippen LogP contribution < -0.4 is 11.1 Å². The summed E-state index contributed by atoms with van der Waals surface area (Å²) in [5, 5.41) is 3.73. The summed E-state index contributed by atoms with van der Waals surface area (Å²) in [6, 6.07) is 8.90. The van der Waals surface area contributed by atoms with Crippen LogP contribution in [0.25, 0.3) is 10.9 Å². The third-order valence-corrected chi connectivity index (χ3v) is 3.90. The zero-order valence-corrected chi connectivity index (χ0v) is 12.9. The van der Waals surface area contributed by atoms with E-state index < -0.39 is 11.9 Å². The van der Waals surface area contributed by atoms with E-state index in [9.17, 15) is 9.59 Å². The summed E-state index contributed by atoms with van der Waals surface area (Å²) >= 11 is 0. The molecule has 5 nitrogen and oxygen atoms in total. The van der Waals surface area contributed by atoms with Crippen molar-refractivity contribution >= 4 is 22.7 Å². The van der Waals surface area contributed by atoms with Crippen LogP contribution in [-0.2, 0) is 16.0 Å². The lowest BCUT2D eigenvalue weighted by atomic mass is 9.98. The average molecular weight is 299 g/mol. The summed E-state index contributed by atoms with van der Waals surface area (Å²) in [5.41, 5.74) is 7.02. The first-order valence-corrected chi connectivity index (χ1v) is 7.44. The Morgan fingerprint density at radius 2 is 2.00 bits per heavy atom. The molecule has 5 heteroatoms. The summed E-state index contributed by atoms with van der Waals surface area (Å²) in [7, 11) is 0. The van der Waals surface area contributed by atoms with Crippen molar-refractivity contribution in [2.75, 3.05) is 0 Å². The number of benzene rings is 1. The molecule has 0 fully saturated rings. The van der Waals surface area contributed by atoms with Crippen molar-refractivity contribution in [1.29, 1.82) is 0 Å². The van der Waals surface area contributed by atoms with Gasteiger partial charge in [0.1, 0.15) is 6.04 Å². The molecule has 116 valence electrons. The van der Waals surface area contributed by atoms with Gasteiger partial charge in [-0.25, -0.2) is 0 Å². The lowest BCUT2D eigenvalue weighted by Gasteiger charge is -2.21. The molecule has 2 amide bonds. The van der Waals surface area contributed by atoms with Crippen molar-refractivity contribution < 1.29 is 9.59 Å². The summed E-state index contributed by atoms with van der Waals surface area (Å²) in [6.45, 7) is 3.86. The van der Waals surface area contributed by atoms with E-state index in [0.717, 1.165) is 22.9 Å². The highest BCUT2D eigenvalue weighted by molar-refractivity contribution is 5.90. The summed E-state index contributed by atoms with van der Waals surface area (Å²) in [5.74, 6) is -0.715. The summed E-state index contributed by atoms with van der Waals surface area (Å²) < 4.78 is 0. The molecule has 0 aliphatic heterocycles. The number of nitrogens with zero attached hydrogens (tertiary/aromatic N) is 1. The van der Waals surface area contributed by atoms with Gasteiger partial charge < -0.3 is 11.1 Å². The molecule has 2 aromatic rings. The minimum Gasteiger partial charge on any atom is -0.368 e. The molecule has 2 rings (SSSR count). The van der Waals surface area contributed by atoms with Gasteiger partial charge in [0.2, 0.25) is 11.8 Å². The predicted molar refractivity (Wildman–Crippen MR) is 86.0 cm³/mol. The molecular weight excluding hydrogens is 278 g/mol. The van der Waals surface area contributed by atoms with E-state index in [4.69, 9.17) is 5.73 Å². The highest BCUT2D eigenvalue weighted by atomic mass is 16.2. The first-order valence-electron chi connectivity index (χ1n) is 7.44. The first kappa shape index (κ1) is 15.9. The number of pyridine rings is 1. The number of para-hydroxylation sites is 1. The highest BCUT2D eigenvalue weighted by Crippen LogP contribution is 2.16. The van der Waals surface area contributed by atoms with Gasteiger partial charge in [-0.15, -0.1) is 0 Å². The molecule has 0 aliphatic rings. The lowest BCUT2D eigenvalue weighted by molar-refractivity contribution is -0.128. The maximum Gasteiger partial charge on any atom is 0.240 e. The second-order valence-electron chi connectivity index (χ2n) is 5.50. The number of hydrogen-bond acceptors (Lipinski definition) is 3. The zero-order valence-electron chi connectivity index (χ0n) is 12.9. The van der Waals surface area contributed by atoms with Crippen LogP contribution in [0.5, 0.6) is 0 Å². The number of aromatic nitrogens is 1. The van der Waals surface area contributed by atoms with E-state index in [2.05, 4.69) is 10.3 Å². The van der Waals surface area contributed by atoms with Crippen molar-refractivity contribution in [2.24, 2.45) is 11.7 Å². The minimum atomic E-state index is -0.638. The maximum atomic E-state index is 12.2. The highest BCUT2D eigenvalue weighted by Gasteiger charge is 2.23. The fourth-order valence-electron chi connectivity index (χ4n) is 2.44. The number of carbonyl (C=O) groups is 2. The van der Waals surface area contributed by atoms with E-state index in [-0.39, 0.29) is 18.2 Å². The van der Waals surface area contributed by atoms with Gasteiger partial charge in [-0.1, -0.05) is 44.5 Å². The van der Waals surface area contributed by atoms with Crippen molar-refractivity contribution in [1.82, 2.24) is 10.3 Å². The van der Waals surface area contributed by atoms with Crippen LogP contribution in [0.4, 0.5) is 0 Å². The standard InChI is InChI=1S/C17H21N3O2/c1-3-11(2)15(17(18)22)20-14(21)10-13-7-4-6-12-8-5-9-19-16(12)13/h4-9,11,15H,3,10H2,1-2H3,(H2,18,22)(H,20,21). The molecule has 0 radical (unpaired) electrons. The van der Waals surface area contributed by atoms with Gasteiger partial charge in [0.25, 0.3) is 0 Å². The van der Waals surface area contributed by atoms with Gasteiger partial charge in [-0.2, -0.15) is 0 Å². The van der Waals surface area contributed by atoms with Gasteiger partial charge in [-0.05, 0) is 17.5 Å². The largest absolute Gasteiger partial charge is 0.368 e. The third kappa shape index (κ3) is 3.61. The number of hydrogen-bond donors (Lipinski definition) is 2. The average Bonchev–Trinajstić information content (AvgIpc) is 2.52. The molecule has 0 saturated carbocycles. The molecule has 22 heavy (non-hydrogen) atoms. The number of nitrogens with two attached hydrogens (primary N) is 1. The Hall–Kier alpha value is -2.43. The van der Waals surface area contributed by atoms with Crippen molar-refractivity contribution in [3.05, 3.63) is 42.1 Å². The molecule has 0 spiro atoms. The number of carbonyl (C=O) groups excluding carboxylic acids is 2. The van der Waals surface area contributed by atoms with Crippen molar-refractivity contribution in [2.45, 2.75) is 32.7 Å². The molecule has 2 unspecified atom stereocenters. The van der Waals surface area contributed by atoms with Crippen LogP contribution in [0.2, 0.25) is 0 Å². The van der Waals surface area contributed by atoms with E-state index in [0.29, 0.717) is 0 Å². The lowest BCUT2D eigenvalue weighted by Crippen LogP contribution is -2.48. The number of primary amides is 1. The topological polar surface area (TPSA) is 85.1 Å². The molecule has 1 heterocycles. The van der Waals surface area contributed by atoms with Crippen LogP contribution in [0, 0.1) is 5.92 Å². The first-order chi connectivity index (χ1) is 10.5. The second-order valence-corrected chi connectivity index (χ2v) is 5.50. The molecule has 0 aliphatic carbocycles. The fourth-order valence-corrected chi connectivity index (χ4v) is 2.44. The molecular formula is C17H21N3O2. The zero-order chi connectivity index (χ0) is 16.1. The Kier molecular flexibility index (Phi) is 5.09. The van der Waals surface area contributed by atoms with Gasteiger partial charge in [0.15, 0.2) is 0 Å². The smallest absolute Gasteiger partial charge is 0.240 e. The predicted octanol–water partition coefficient (Wildman–Crippen LogP) is 1.79. The Morgan fingerprint density at radius 1 is 1.27 bits per heavy atom. The SMILES string of the molecule is CCC(C)C(NC(=O)Cc1cccc2cccnc12)C(N)=O. The van der Waals surface area contributed by atoms with Crippen LogP contribution in [0.1, 0.15) is 25.8 Å². The van der Waals surface area contributed by atoms with E-state index in [1.54, 1.807) is 6.20 Å². The molecule has 2 atom stereocenters. The van der Waals surface area contributed by atoms with Gasteiger partial charge in [-0.3, -0.25) is 14.6 Å². The second kappa shape index (κ2) is 7.02. The molecule has 1 aromatic carbocycles. The van der Waals surface area contributed by atoms with Gasteiger partial charge in [0, 0.05) is 11.6 Å². The Bertz CT molecular complexity index is 679. The van der Waals surface area contributed by atoms with Crippen molar-refractivity contribution in [3.8, 4) is 0 Å². The van der Waals surface area contributed by atoms with Crippen molar-refractivity contribution in [3.63, 3.8) is 0 Å². The van der Waals surface area contributed by atoms with Crippen LogP contribution in [-0.4, -0.2) is 22.8 Å². The van der Waals surface area contributed by atoms with E-state index >= 15 is 0 Å². The summed E-state index contributed by atoms with van der Waals surface area (Å²) in [6.07, 6.45) is 2.65. The molecule has 1 aromatic heterocycles. The number of rotatable bonds is 6. The maximum absolute atomic E-state index is 12.2. The van der Waals surface area contributed by atoms with Gasteiger partial charge in [0.05, 0.1) is 11.9 Å². The normalized spacial score (nSPS) is 13.5. The van der Waals surface area contributed by atoms with Crippen LogP contribution >= 0.6 is 0 Å². The van der Waals surface area contributed by atoms with Crippen LogP contribution in [0.3, 0.4) is 0 Å². The third-order valence-electron chi connectivity index (χ3n) is 3.90. The number of fused-ring (bicyclic) bond motifs is 1. The Morgan fingerprint density at radius 3 is 2.68 bits per heavy atom. The molecule has 3 N–H and O–H groups in total. The Balaban J connectivity index is 2.15. The molecule has 0 saturated heterocycles. The number of amides is 2. The minimum absolute atomic E-state index is 0.00657. The Labute approximate surface area is 129 Å². The van der Waals surface area contributed by atoms with Gasteiger partial charge >= 0.3 is 0 Å². The summed E-state index contributed by atoms with van der Waals surface area (Å²) in [4.78, 5) is 28.1.